The summed E-state index contributed by atoms with van der Waals surface area (Å²) in [6, 6.07) is 5.14. The van der Waals surface area contributed by atoms with Crippen LogP contribution in [0.25, 0.3) is 0 Å². The van der Waals surface area contributed by atoms with E-state index >= 15 is 0 Å². The van der Waals surface area contributed by atoms with Gasteiger partial charge in [0.25, 0.3) is 0 Å². The SMILES string of the molecule is CC(=O)N(NC/C=C\CCCC=O)c1cc(C)c(C(O)CO)cc1C#N. The summed E-state index contributed by atoms with van der Waals surface area (Å²) in [5.41, 5.74) is 4.68. The van der Waals surface area contributed by atoms with Crippen LogP contribution in [0.1, 0.15) is 49.0 Å². The zero-order valence-corrected chi connectivity index (χ0v) is 15.1. The van der Waals surface area contributed by atoms with E-state index < -0.39 is 12.7 Å². The number of benzene rings is 1. The normalized spacial score (nSPS) is 12.0. The van der Waals surface area contributed by atoms with Gasteiger partial charge in [-0.2, -0.15) is 5.26 Å². The van der Waals surface area contributed by atoms with Gasteiger partial charge in [0.1, 0.15) is 18.5 Å². The number of allylic oxidation sites excluding steroid dienone is 1. The number of hydrogen-bond acceptors (Lipinski definition) is 6. The maximum atomic E-state index is 12.0. The van der Waals surface area contributed by atoms with Crippen LogP contribution >= 0.6 is 0 Å². The molecule has 0 aliphatic carbocycles. The molecule has 140 valence electrons. The number of carbonyl (C=O) groups excluding carboxylic acids is 2. The molecule has 3 N–H and O–H groups in total. The Hall–Kier alpha value is -2.53. The Labute approximate surface area is 153 Å². The van der Waals surface area contributed by atoms with Crippen molar-refractivity contribution in [1.82, 2.24) is 5.43 Å². The second-order valence-corrected chi connectivity index (χ2v) is 5.82. The van der Waals surface area contributed by atoms with Crippen LogP contribution in [0.3, 0.4) is 0 Å². The van der Waals surface area contributed by atoms with Gasteiger partial charge in [0.15, 0.2) is 0 Å². The number of hydrazine groups is 1. The number of aliphatic hydroxyl groups is 2. The summed E-state index contributed by atoms with van der Waals surface area (Å²) in [5.74, 6) is -0.286. The van der Waals surface area contributed by atoms with Crippen molar-refractivity contribution in [2.45, 2.75) is 39.2 Å². The fourth-order valence-corrected chi connectivity index (χ4v) is 2.47. The van der Waals surface area contributed by atoms with E-state index in [2.05, 4.69) is 5.43 Å². The molecular weight excluding hydrogens is 334 g/mol. The van der Waals surface area contributed by atoms with Crippen molar-refractivity contribution in [3.8, 4) is 6.07 Å². The van der Waals surface area contributed by atoms with Crippen LogP contribution in [0.4, 0.5) is 5.69 Å². The minimum atomic E-state index is -1.08. The van der Waals surface area contributed by atoms with Crippen molar-refractivity contribution in [1.29, 1.82) is 5.26 Å². The molecule has 7 heteroatoms. The van der Waals surface area contributed by atoms with Crippen molar-refractivity contribution in [2.75, 3.05) is 18.2 Å². The van der Waals surface area contributed by atoms with Gasteiger partial charge in [-0.15, -0.1) is 0 Å². The number of unbranched alkanes of at least 4 members (excludes halogenated alkanes) is 2. The largest absolute Gasteiger partial charge is 0.393 e. The van der Waals surface area contributed by atoms with E-state index in [4.69, 9.17) is 5.11 Å². The van der Waals surface area contributed by atoms with E-state index in [1.165, 1.54) is 18.0 Å². The molecule has 1 rings (SSSR count). The molecule has 0 saturated carbocycles. The van der Waals surface area contributed by atoms with Crippen molar-refractivity contribution < 1.29 is 19.8 Å². The predicted octanol–water partition coefficient (Wildman–Crippen LogP) is 1.68. The summed E-state index contributed by atoms with van der Waals surface area (Å²) < 4.78 is 0. The first-order valence-corrected chi connectivity index (χ1v) is 8.42. The zero-order chi connectivity index (χ0) is 19.5. The van der Waals surface area contributed by atoms with Crippen molar-refractivity contribution in [3.63, 3.8) is 0 Å². The van der Waals surface area contributed by atoms with Gasteiger partial charge in [-0.1, -0.05) is 12.2 Å². The van der Waals surface area contributed by atoms with Gasteiger partial charge in [0.05, 0.1) is 17.9 Å². The zero-order valence-electron chi connectivity index (χ0n) is 15.1. The van der Waals surface area contributed by atoms with Crippen molar-refractivity contribution >= 4 is 17.9 Å². The summed E-state index contributed by atoms with van der Waals surface area (Å²) in [6.07, 6.45) is 5.65. The lowest BCUT2D eigenvalue weighted by atomic mass is 9.99. The highest BCUT2D eigenvalue weighted by atomic mass is 16.3. The predicted molar refractivity (Wildman–Crippen MR) is 98.2 cm³/mol. The van der Waals surface area contributed by atoms with Gasteiger partial charge < -0.3 is 15.0 Å². The first-order valence-electron chi connectivity index (χ1n) is 8.42. The Bertz CT molecular complexity index is 695. The Kier molecular flexibility index (Phi) is 9.23. The van der Waals surface area contributed by atoms with E-state index in [1.807, 2.05) is 18.2 Å². The number of amides is 1. The maximum absolute atomic E-state index is 12.0. The number of aryl methyl sites for hydroxylation is 1. The van der Waals surface area contributed by atoms with Crippen LogP contribution in [0.5, 0.6) is 0 Å². The van der Waals surface area contributed by atoms with Crippen LogP contribution in [-0.4, -0.2) is 35.6 Å². The van der Waals surface area contributed by atoms with Gasteiger partial charge in [0, 0.05) is 19.9 Å². The highest BCUT2D eigenvalue weighted by Gasteiger charge is 2.19. The summed E-state index contributed by atoms with van der Waals surface area (Å²) in [6.45, 7) is 3.05. The molecule has 26 heavy (non-hydrogen) atoms. The van der Waals surface area contributed by atoms with Gasteiger partial charge in [-0.05, 0) is 43.0 Å². The second-order valence-electron chi connectivity index (χ2n) is 5.82. The third kappa shape index (κ3) is 6.08. The number of hydrogen-bond donors (Lipinski definition) is 3. The molecular formula is C19H25N3O4. The molecule has 0 aliphatic rings. The average Bonchev–Trinajstić information content (AvgIpc) is 2.63. The Morgan fingerprint density at radius 2 is 2.12 bits per heavy atom. The molecule has 1 unspecified atom stereocenters. The van der Waals surface area contributed by atoms with Gasteiger partial charge in [-0.25, -0.2) is 10.4 Å². The Morgan fingerprint density at radius 3 is 2.69 bits per heavy atom. The molecule has 0 heterocycles. The monoisotopic (exact) mass is 359 g/mol. The fourth-order valence-electron chi connectivity index (χ4n) is 2.47. The number of aldehydes is 1. The first-order chi connectivity index (χ1) is 12.5. The lowest BCUT2D eigenvalue weighted by Crippen LogP contribution is -2.42. The van der Waals surface area contributed by atoms with Gasteiger partial charge in [-0.3, -0.25) is 4.79 Å². The molecule has 1 aromatic carbocycles. The van der Waals surface area contributed by atoms with Crippen LogP contribution in [0.15, 0.2) is 24.3 Å². The molecule has 0 radical (unpaired) electrons. The Balaban J connectivity index is 2.96. The van der Waals surface area contributed by atoms with E-state index in [-0.39, 0.29) is 11.5 Å². The van der Waals surface area contributed by atoms with Crippen LogP contribution in [0, 0.1) is 18.3 Å². The van der Waals surface area contributed by atoms with Crippen LogP contribution in [-0.2, 0) is 9.59 Å². The number of nitriles is 1. The highest BCUT2D eigenvalue weighted by molar-refractivity contribution is 5.92. The Morgan fingerprint density at radius 1 is 1.38 bits per heavy atom. The second kappa shape index (κ2) is 11.2. The van der Waals surface area contributed by atoms with Crippen molar-refractivity contribution in [3.05, 3.63) is 41.0 Å². The number of aliphatic hydroxyl groups excluding tert-OH is 2. The number of carbonyl (C=O) groups is 2. The van der Waals surface area contributed by atoms with Crippen LogP contribution < -0.4 is 10.4 Å². The van der Waals surface area contributed by atoms with E-state index in [1.54, 1.807) is 13.0 Å². The van der Waals surface area contributed by atoms with Gasteiger partial charge in [0.2, 0.25) is 5.91 Å². The first kappa shape index (κ1) is 21.5. The summed E-state index contributed by atoms with van der Waals surface area (Å²) in [5, 5.41) is 29.7. The van der Waals surface area contributed by atoms with E-state index in [0.29, 0.717) is 29.8 Å². The minimum Gasteiger partial charge on any atom is -0.393 e. The summed E-state index contributed by atoms with van der Waals surface area (Å²) in [4.78, 5) is 22.3. The van der Waals surface area contributed by atoms with Gasteiger partial charge >= 0.3 is 0 Å². The minimum absolute atomic E-state index is 0.218. The fraction of sp³-hybridized carbons (Fsp3) is 0.421. The summed E-state index contributed by atoms with van der Waals surface area (Å²) >= 11 is 0. The lowest BCUT2D eigenvalue weighted by Gasteiger charge is -2.24. The maximum Gasteiger partial charge on any atom is 0.238 e. The molecule has 1 atom stereocenters. The number of anilines is 1. The molecule has 0 fully saturated rings. The molecule has 0 aromatic heterocycles. The lowest BCUT2D eigenvalue weighted by molar-refractivity contribution is -0.117. The van der Waals surface area contributed by atoms with E-state index in [0.717, 1.165) is 19.1 Å². The molecule has 0 saturated heterocycles. The molecule has 0 spiro atoms. The molecule has 0 bridgehead atoms. The molecule has 7 nitrogen and oxygen atoms in total. The number of rotatable bonds is 10. The quantitative estimate of drug-likeness (QED) is 0.253. The average molecular weight is 359 g/mol. The van der Waals surface area contributed by atoms with E-state index in [9.17, 15) is 20.0 Å². The van der Waals surface area contributed by atoms with Crippen molar-refractivity contribution in [2.24, 2.45) is 0 Å². The third-order valence-corrected chi connectivity index (χ3v) is 3.82. The number of nitrogens with one attached hydrogen (secondary N) is 1. The topological polar surface area (TPSA) is 114 Å². The third-order valence-electron chi connectivity index (χ3n) is 3.82. The molecule has 1 amide bonds. The standard InChI is InChI=1S/C19H25N3O4/c1-14-10-18(16(12-20)11-17(14)19(26)13-24)22(15(2)25)21-8-6-4-3-5-7-9-23/h4,6,9-11,19,21,24,26H,3,5,7-8,13H2,1-2H3/b6-4-. The molecule has 1 aromatic rings. The number of nitrogens with zero attached hydrogens (tertiary/aromatic N) is 2. The summed E-state index contributed by atoms with van der Waals surface area (Å²) in [7, 11) is 0. The highest BCUT2D eigenvalue weighted by Crippen LogP contribution is 2.27. The smallest absolute Gasteiger partial charge is 0.238 e. The molecule has 0 aliphatic heterocycles. The van der Waals surface area contributed by atoms with Crippen LogP contribution in [0.2, 0.25) is 0 Å².